The van der Waals surface area contributed by atoms with Crippen LogP contribution in [-0.4, -0.2) is 40.6 Å². The number of nitrogens with two attached hydrogens (primary N) is 1. The number of carbonyl (C=O) groups is 1. The number of hydrogen-bond donors (Lipinski definition) is 3. The van der Waals surface area contributed by atoms with Gasteiger partial charge in [0.15, 0.2) is 11.6 Å². The summed E-state index contributed by atoms with van der Waals surface area (Å²) in [5, 5.41) is 5.80. The van der Waals surface area contributed by atoms with Crippen LogP contribution >= 0.6 is 0 Å². The number of hydrogen-bond acceptors (Lipinski definition) is 6. The lowest BCUT2D eigenvalue weighted by molar-refractivity contribution is 0.0751. The molecule has 2 unspecified atom stereocenters. The molecule has 4 N–H and O–H groups in total. The summed E-state index contributed by atoms with van der Waals surface area (Å²) in [7, 11) is 0. The minimum Gasteiger partial charge on any atom is -0.447 e. The molecule has 2 aliphatic rings. The van der Waals surface area contributed by atoms with Crippen LogP contribution in [0.25, 0.3) is 17.0 Å². The molecular weight excluding hydrogens is 353 g/mol. The number of nitrogens with zero attached hydrogens (tertiary/aromatic N) is 2. The van der Waals surface area contributed by atoms with E-state index >= 15 is 4.39 Å². The van der Waals surface area contributed by atoms with E-state index in [4.69, 9.17) is 14.9 Å². The first-order chi connectivity index (χ1) is 13.1. The summed E-state index contributed by atoms with van der Waals surface area (Å²) < 4.78 is 27.5. The van der Waals surface area contributed by atoms with Crippen LogP contribution in [0.15, 0.2) is 29.1 Å². The van der Waals surface area contributed by atoms with Gasteiger partial charge in [-0.05, 0) is 6.42 Å². The van der Waals surface area contributed by atoms with E-state index in [0.29, 0.717) is 42.2 Å². The Hall–Kier alpha value is -2.91. The van der Waals surface area contributed by atoms with Gasteiger partial charge in [-0.3, -0.25) is 9.20 Å². The molecule has 5 rings (SSSR count). The van der Waals surface area contributed by atoms with Crippen molar-refractivity contribution in [1.29, 1.82) is 0 Å². The molecule has 0 spiro atoms. The predicted octanol–water partition coefficient (Wildman–Crippen LogP) is 1.50. The minimum atomic E-state index is -0.520. The van der Waals surface area contributed by atoms with Crippen LogP contribution in [-0.2, 0) is 11.3 Å². The van der Waals surface area contributed by atoms with E-state index in [1.54, 1.807) is 29.1 Å². The third-order valence-electron chi connectivity index (χ3n) is 5.11. The summed E-state index contributed by atoms with van der Waals surface area (Å²) in [6.07, 6.45) is 5.77. The summed E-state index contributed by atoms with van der Waals surface area (Å²) in [6.45, 7) is 1.10. The quantitative estimate of drug-likeness (QED) is 0.644. The molecule has 0 saturated carbocycles. The zero-order valence-corrected chi connectivity index (χ0v) is 14.4. The summed E-state index contributed by atoms with van der Waals surface area (Å²) in [5.41, 5.74) is 8.38. The maximum atomic E-state index is 15.1. The van der Waals surface area contributed by atoms with Gasteiger partial charge >= 0.3 is 0 Å². The first-order valence-corrected chi connectivity index (χ1v) is 8.78. The highest BCUT2D eigenvalue weighted by atomic mass is 19.1. The van der Waals surface area contributed by atoms with Crippen molar-refractivity contribution >= 4 is 17.4 Å². The molecule has 0 radical (unpaired) electrons. The zero-order valence-electron chi connectivity index (χ0n) is 14.4. The molecular formula is C18H18FN5O3. The smallest absolute Gasteiger partial charge is 0.254 e. The van der Waals surface area contributed by atoms with Crippen LogP contribution in [0.4, 0.5) is 10.2 Å². The Kier molecular flexibility index (Phi) is 3.66. The molecule has 8 nitrogen and oxygen atoms in total. The van der Waals surface area contributed by atoms with Gasteiger partial charge in [-0.25, -0.2) is 9.37 Å². The molecule has 2 aliphatic heterocycles. The molecule has 3 aromatic rings. The van der Waals surface area contributed by atoms with Gasteiger partial charge in [-0.15, -0.1) is 0 Å². The highest BCUT2D eigenvalue weighted by molar-refractivity contribution is 6.04. The molecule has 1 amide bonds. The number of anilines is 1. The van der Waals surface area contributed by atoms with Crippen LogP contribution in [0.3, 0.4) is 0 Å². The molecule has 0 bridgehead atoms. The van der Waals surface area contributed by atoms with Gasteiger partial charge in [0, 0.05) is 54.8 Å². The number of nitrogens with one attached hydrogen (secondary N) is 2. The SMILES string of the molecule is NC1COCCC1Nc1nc(-c2cc3occn3c2)c2c(c1F)CNC2=O. The molecule has 0 aliphatic carbocycles. The van der Waals surface area contributed by atoms with Crippen LogP contribution in [0, 0.1) is 5.82 Å². The number of ether oxygens (including phenoxy) is 1. The number of aromatic nitrogens is 2. The molecule has 140 valence electrons. The first kappa shape index (κ1) is 16.3. The molecule has 9 heteroatoms. The van der Waals surface area contributed by atoms with Gasteiger partial charge in [-0.1, -0.05) is 0 Å². The van der Waals surface area contributed by atoms with Crippen molar-refractivity contribution in [1.82, 2.24) is 14.7 Å². The fourth-order valence-electron chi connectivity index (χ4n) is 3.66. The fraction of sp³-hybridized carbons (Fsp3) is 0.333. The lowest BCUT2D eigenvalue weighted by atomic mass is 10.0. The van der Waals surface area contributed by atoms with E-state index in [-0.39, 0.29) is 35.9 Å². The van der Waals surface area contributed by atoms with Crippen molar-refractivity contribution in [3.05, 3.63) is 41.7 Å². The average Bonchev–Trinajstić information content (AvgIpc) is 3.34. The summed E-state index contributed by atoms with van der Waals surface area (Å²) in [4.78, 5) is 16.8. The van der Waals surface area contributed by atoms with Crippen LogP contribution < -0.4 is 16.4 Å². The van der Waals surface area contributed by atoms with Crippen molar-refractivity contribution in [2.45, 2.75) is 25.0 Å². The van der Waals surface area contributed by atoms with Crippen molar-refractivity contribution in [2.75, 3.05) is 18.5 Å². The lowest BCUT2D eigenvalue weighted by Gasteiger charge is -2.30. The number of carbonyl (C=O) groups excluding carboxylic acids is 1. The van der Waals surface area contributed by atoms with Crippen molar-refractivity contribution < 1.29 is 18.3 Å². The van der Waals surface area contributed by atoms with E-state index in [2.05, 4.69) is 15.6 Å². The Balaban J connectivity index is 1.62. The summed E-state index contributed by atoms with van der Waals surface area (Å²) >= 11 is 0. The number of pyridine rings is 1. The monoisotopic (exact) mass is 371 g/mol. The average molecular weight is 371 g/mol. The van der Waals surface area contributed by atoms with Crippen LogP contribution in [0.1, 0.15) is 22.3 Å². The normalized spacial score (nSPS) is 22.1. The minimum absolute atomic E-state index is 0.102. The highest BCUT2D eigenvalue weighted by Crippen LogP contribution is 2.34. The molecule has 1 fully saturated rings. The van der Waals surface area contributed by atoms with Gasteiger partial charge in [-0.2, -0.15) is 0 Å². The third-order valence-corrected chi connectivity index (χ3v) is 5.11. The molecule has 3 aromatic heterocycles. The first-order valence-electron chi connectivity index (χ1n) is 8.78. The Bertz CT molecular complexity index is 1010. The maximum Gasteiger partial charge on any atom is 0.254 e. The number of rotatable bonds is 3. The van der Waals surface area contributed by atoms with Crippen LogP contribution in [0.2, 0.25) is 0 Å². The number of amides is 1. The standard InChI is InChI=1S/C18H18FN5O3/c19-15-10-6-21-18(25)14(10)16(9-5-13-24(7-9)2-4-27-13)23-17(15)22-12-1-3-26-8-11(12)20/h2,4-5,7,11-12H,1,3,6,8,20H2,(H,21,25)(H,22,23). The zero-order chi connectivity index (χ0) is 18.5. The molecule has 27 heavy (non-hydrogen) atoms. The van der Waals surface area contributed by atoms with Crippen molar-refractivity contribution in [3.63, 3.8) is 0 Å². The van der Waals surface area contributed by atoms with E-state index in [0.717, 1.165) is 0 Å². The molecule has 1 saturated heterocycles. The largest absolute Gasteiger partial charge is 0.447 e. The Morgan fingerprint density at radius 1 is 1.44 bits per heavy atom. The van der Waals surface area contributed by atoms with Gasteiger partial charge < -0.3 is 25.5 Å². The van der Waals surface area contributed by atoms with E-state index in [9.17, 15) is 4.79 Å². The number of fused-ring (bicyclic) bond motifs is 2. The number of oxazole rings is 1. The maximum absolute atomic E-state index is 15.1. The highest BCUT2D eigenvalue weighted by Gasteiger charge is 2.32. The molecule has 0 aromatic carbocycles. The molecule has 2 atom stereocenters. The van der Waals surface area contributed by atoms with Crippen LogP contribution in [0.5, 0.6) is 0 Å². The Labute approximate surface area is 153 Å². The topological polar surface area (TPSA) is 107 Å². The van der Waals surface area contributed by atoms with Gasteiger partial charge in [0.1, 0.15) is 6.26 Å². The van der Waals surface area contributed by atoms with E-state index < -0.39 is 5.82 Å². The summed E-state index contributed by atoms with van der Waals surface area (Å²) in [6, 6.07) is 1.37. The second-order valence-corrected chi connectivity index (χ2v) is 6.81. The molecule has 5 heterocycles. The lowest BCUT2D eigenvalue weighted by Crippen LogP contribution is -2.48. The Morgan fingerprint density at radius 2 is 2.33 bits per heavy atom. The van der Waals surface area contributed by atoms with Gasteiger partial charge in [0.05, 0.1) is 17.9 Å². The fourth-order valence-corrected chi connectivity index (χ4v) is 3.66. The van der Waals surface area contributed by atoms with Crippen molar-refractivity contribution in [2.24, 2.45) is 5.73 Å². The third kappa shape index (κ3) is 2.58. The second-order valence-electron chi connectivity index (χ2n) is 6.81. The number of halogens is 1. The predicted molar refractivity (Wildman–Crippen MR) is 94.8 cm³/mol. The van der Waals surface area contributed by atoms with E-state index in [1.807, 2.05) is 0 Å². The van der Waals surface area contributed by atoms with E-state index in [1.165, 1.54) is 0 Å². The second kappa shape index (κ2) is 6.07. The van der Waals surface area contributed by atoms with Gasteiger partial charge in [0.25, 0.3) is 5.91 Å². The Morgan fingerprint density at radius 3 is 3.15 bits per heavy atom. The summed E-state index contributed by atoms with van der Waals surface area (Å²) in [5.74, 6) is -0.748. The van der Waals surface area contributed by atoms with Crippen molar-refractivity contribution in [3.8, 4) is 11.3 Å². The van der Waals surface area contributed by atoms with Gasteiger partial charge in [0.2, 0.25) is 5.71 Å².